The molecule has 3 rings (SSSR count). The monoisotopic (exact) mass is 319 g/mol. The lowest BCUT2D eigenvalue weighted by molar-refractivity contribution is -0.0834. The first-order valence-corrected chi connectivity index (χ1v) is 10.6. The number of hydrogen-bond acceptors (Lipinski definition) is 5. The quantitative estimate of drug-likeness (QED) is 0.837. The Bertz CT molecular complexity index is 445. The summed E-state index contributed by atoms with van der Waals surface area (Å²) in [6.45, 7) is 0.742. The average molecular weight is 319 g/mol. The Morgan fingerprint density at radius 2 is 2.15 bits per heavy atom. The lowest BCUT2D eigenvalue weighted by atomic mass is 9.80. The van der Waals surface area contributed by atoms with Gasteiger partial charge in [-0.2, -0.15) is 11.8 Å². The molecule has 0 radical (unpaired) electrons. The smallest absolute Gasteiger partial charge is 0.154 e. The second-order valence-electron chi connectivity index (χ2n) is 6.57. The molecule has 4 atom stereocenters. The summed E-state index contributed by atoms with van der Waals surface area (Å²) < 4.78 is 30.5. The van der Waals surface area contributed by atoms with E-state index in [1.165, 1.54) is 0 Å². The van der Waals surface area contributed by atoms with Gasteiger partial charge >= 0.3 is 0 Å². The molecule has 3 aliphatic heterocycles. The molecule has 2 N–H and O–H groups in total. The SMILES string of the molecule is NC(C1CCOC2(CCSC2)C1)C1CCCCS1(=O)=O. The van der Waals surface area contributed by atoms with Crippen molar-refractivity contribution in [3.63, 3.8) is 0 Å². The topological polar surface area (TPSA) is 69.4 Å². The standard InChI is InChI=1S/C14H25NO3S2/c15-13(12-3-1-2-8-20(12,16)17)11-4-6-18-14(9-11)5-7-19-10-14/h11-13H,1-10,15H2. The van der Waals surface area contributed by atoms with Crippen molar-refractivity contribution in [2.45, 2.75) is 55.4 Å². The number of hydrogen-bond donors (Lipinski definition) is 1. The summed E-state index contributed by atoms with van der Waals surface area (Å²) in [6, 6.07) is -0.202. The van der Waals surface area contributed by atoms with E-state index in [0.29, 0.717) is 11.7 Å². The van der Waals surface area contributed by atoms with E-state index in [-0.39, 0.29) is 16.9 Å². The van der Waals surface area contributed by atoms with Crippen LogP contribution in [0.5, 0.6) is 0 Å². The molecule has 20 heavy (non-hydrogen) atoms. The van der Waals surface area contributed by atoms with Crippen LogP contribution in [-0.2, 0) is 14.6 Å². The van der Waals surface area contributed by atoms with E-state index in [4.69, 9.17) is 10.5 Å². The summed E-state index contributed by atoms with van der Waals surface area (Å²) >= 11 is 1.94. The van der Waals surface area contributed by atoms with Crippen molar-refractivity contribution in [1.29, 1.82) is 0 Å². The minimum absolute atomic E-state index is 0.0103. The van der Waals surface area contributed by atoms with E-state index < -0.39 is 9.84 Å². The van der Waals surface area contributed by atoms with Gasteiger partial charge in [0.15, 0.2) is 9.84 Å². The highest BCUT2D eigenvalue weighted by Crippen LogP contribution is 2.42. The van der Waals surface area contributed by atoms with Crippen molar-refractivity contribution in [2.75, 3.05) is 23.9 Å². The Hall–Kier alpha value is 0.220. The minimum Gasteiger partial charge on any atom is -0.374 e. The molecular weight excluding hydrogens is 294 g/mol. The van der Waals surface area contributed by atoms with Crippen molar-refractivity contribution >= 4 is 21.6 Å². The van der Waals surface area contributed by atoms with Crippen molar-refractivity contribution in [3.8, 4) is 0 Å². The van der Waals surface area contributed by atoms with Crippen LogP contribution in [0.25, 0.3) is 0 Å². The second-order valence-corrected chi connectivity index (χ2v) is 10.0. The first-order chi connectivity index (χ1) is 9.53. The van der Waals surface area contributed by atoms with Crippen LogP contribution in [0.1, 0.15) is 38.5 Å². The lowest BCUT2D eigenvalue weighted by Crippen LogP contribution is -2.52. The highest BCUT2D eigenvalue weighted by atomic mass is 32.2. The van der Waals surface area contributed by atoms with E-state index in [9.17, 15) is 8.42 Å². The van der Waals surface area contributed by atoms with Gasteiger partial charge in [0.05, 0.1) is 16.6 Å². The molecule has 0 saturated carbocycles. The molecule has 0 aromatic heterocycles. The highest BCUT2D eigenvalue weighted by Gasteiger charge is 2.45. The van der Waals surface area contributed by atoms with Crippen molar-refractivity contribution in [2.24, 2.45) is 11.7 Å². The zero-order valence-corrected chi connectivity index (χ0v) is 13.6. The average Bonchev–Trinajstić information content (AvgIpc) is 2.85. The van der Waals surface area contributed by atoms with Crippen molar-refractivity contribution in [1.82, 2.24) is 0 Å². The number of sulfone groups is 1. The number of nitrogens with two attached hydrogens (primary N) is 1. The van der Waals surface area contributed by atoms with Crippen molar-refractivity contribution in [3.05, 3.63) is 0 Å². The molecule has 3 heterocycles. The molecule has 0 aromatic carbocycles. The lowest BCUT2D eigenvalue weighted by Gasteiger charge is -2.42. The van der Waals surface area contributed by atoms with Crippen LogP contribution in [0.15, 0.2) is 0 Å². The molecule has 0 amide bonds. The summed E-state index contributed by atoms with van der Waals surface area (Å²) in [6.07, 6.45) is 5.52. The van der Waals surface area contributed by atoms with Gasteiger partial charge in [0.2, 0.25) is 0 Å². The molecule has 3 fully saturated rings. The van der Waals surface area contributed by atoms with E-state index in [1.807, 2.05) is 11.8 Å². The summed E-state index contributed by atoms with van der Waals surface area (Å²) in [5.41, 5.74) is 6.40. The molecule has 116 valence electrons. The summed E-state index contributed by atoms with van der Waals surface area (Å²) in [7, 11) is -2.98. The molecule has 3 saturated heterocycles. The minimum atomic E-state index is -2.98. The maximum absolute atomic E-state index is 12.3. The fourth-order valence-electron chi connectivity index (χ4n) is 3.97. The number of ether oxygens (including phenoxy) is 1. The van der Waals surface area contributed by atoms with E-state index in [1.54, 1.807) is 0 Å². The van der Waals surface area contributed by atoms with Gasteiger partial charge in [-0.05, 0) is 43.8 Å². The molecule has 6 heteroatoms. The molecule has 1 spiro atoms. The second kappa shape index (κ2) is 5.78. The maximum atomic E-state index is 12.3. The Morgan fingerprint density at radius 1 is 1.30 bits per heavy atom. The zero-order chi connectivity index (χ0) is 14.2. The first-order valence-electron chi connectivity index (χ1n) is 7.71. The van der Waals surface area contributed by atoms with Crippen LogP contribution < -0.4 is 5.73 Å². The van der Waals surface area contributed by atoms with Crippen LogP contribution in [0.2, 0.25) is 0 Å². The Labute approximate surface area is 126 Å². The van der Waals surface area contributed by atoms with Gasteiger partial charge in [0, 0.05) is 18.4 Å². The van der Waals surface area contributed by atoms with Crippen molar-refractivity contribution < 1.29 is 13.2 Å². The molecular formula is C14H25NO3S2. The third kappa shape index (κ3) is 2.89. The van der Waals surface area contributed by atoms with Crippen LogP contribution in [-0.4, -0.2) is 49.2 Å². The van der Waals surface area contributed by atoms with Gasteiger partial charge in [-0.1, -0.05) is 6.42 Å². The Kier molecular flexibility index (Phi) is 4.37. The molecule has 3 aliphatic rings. The fraction of sp³-hybridized carbons (Fsp3) is 1.00. The van der Waals surface area contributed by atoms with Crippen LogP contribution >= 0.6 is 11.8 Å². The van der Waals surface area contributed by atoms with Gasteiger partial charge < -0.3 is 10.5 Å². The largest absolute Gasteiger partial charge is 0.374 e. The van der Waals surface area contributed by atoms with Gasteiger partial charge in [-0.3, -0.25) is 0 Å². The van der Waals surface area contributed by atoms with Gasteiger partial charge in [-0.25, -0.2) is 8.42 Å². The summed E-state index contributed by atoms with van der Waals surface area (Å²) in [5, 5.41) is -0.314. The Morgan fingerprint density at radius 3 is 2.85 bits per heavy atom. The van der Waals surface area contributed by atoms with E-state index >= 15 is 0 Å². The van der Waals surface area contributed by atoms with Gasteiger partial charge in [0.25, 0.3) is 0 Å². The summed E-state index contributed by atoms with van der Waals surface area (Å²) in [5.74, 6) is 2.84. The van der Waals surface area contributed by atoms with E-state index in [0.717, 1.165) is 56.6 Å². The molecule has 0 aromatic rings. The van der Waals surface area contributed by atoms with Gasteiger partial charge in [0.1, 0.15) is 0 Å². The normalized spacial score (nSPS) is 42.6. The van der Waals surface area contributed by atoms with Crippen LogP contribution in [0, 0.1) is 5.92 Å². The molecule has 0 aliphatic carbocycles. The summed E-state index contributed by atoms with van der Waals surface area (Å²) in [4.78, 5) is 0. The molecule has 4 unspecified atom stereocenters. The van der Waals surface area contributed by atoms with Crippen LogP contribution in [0.4, 0.5) is 0 Å². The van der Waals surface area contributed by atoms with Gasteiger partial charge in [-0.15, -0.1) is 0 Å². The predicted molar refractivity (Wildman–Crippen MR) is 82.8 cm³/mol. The number of thioether (sulfide) groups is 1. The Balaban J connectivity index is 1.71. The maximum Gasteiger partial charge on any atom is 0.154 e. The van der Waals surface area contributed by atoms with Crippen LogP contribution in [0.3, 0.4) is 0 Å². The third-order valence-corrected chi connectivity index (χ3v) is 8.75. The molecule has 0 bridgehead atoms. The highest BCUT2D eigenvalue weighted by molar-refractivity contribution is 7.99. The number of rotatable bonds is 2. The predicted octanol–water partition coefficient (Wildman–Crippen LogP) is 1.58. The first kappa shape index (κ1) is 15.1. The third-order valence-electron chi connectivity index (χ3n) is 5.20. The zero-order valence-electron chi connectivity index (χ0n) is 11.9. The molecule has 4 nitrogen and oxygen atoms in total. The fourth-order valence-corrected chi connectivity index (χ4v) is 7.49. The van der Waals surface area contributed by atoms with E-state index in [2.05, 4.69) is 0 Å².